The zero-order valence-corrected chi connectivity index (χ0v) is 11.3. The highest BCUT2D eigenvalue weighted by Crippen LogP contribution is 2.28. The van der Waals surface area contributed by atoms with Gasteiger partial charge in [-0.3, -0.25) is 10.1 Å². The van der Waals surface area contributed by atoms with Crippen molar-refractivity contribution in [2.45, 2.75) is 10.8 Å². The molecule has 5 nitrogen and oxygen atoms in total. The molecule has 0 aliphatic heterocycles. The predicted molar refractivity (Wildman–Crippen MR) is 76.3 cm³/mol. The minimum absolute atomic E-state index is 0.00985. The van der Waals surface area contributed by atoms with Gasteiger partial charge in [-0.15, -0.1) is 11.8 Å². The second-order valence-electron chi connectivity index (χ2n) is 3.75. The number of nitrogens with zero attached hydrogens (tertiary/aromatic N) is 2. The Kier molecular flexibility index (Phi) is 4.24. The number of halogens is 1. The molecule has 0 amide bonds. The molecular formula is C12H10ClN3O2S. The van der Waals surface area contributed by atoms with Crippen LogP contribution in [0.25, 0.3) is 0 Å². The number of nitro groups is 1. The molecule has 7 heteroatoms. The van der Waals surface area contributed by atoms with E-state index in [1.54, 1.807) is 18.3 Å². The Balaban J connectivity index is 2.07. The van der Waals surface area contributed by atoms with Crippen LogP contribution in [0, 0.1) is 10.1 Å². The summed E-state index contributed by atoms with van der Waals surface area (Å²) in [5, 5.41) is 11.8. The monoisotopic (exact) mass is 295 g/mol. The van der Waals surface area contributed by atoms with Crippen LogP contribution in [0.3, 0.4) is 0 Å². The summed E-state index contributed by atoms with van der Waals surface area (Å²) in [6, 6.07) is 8.04. The molecule has 0 spiro atoms. The third-order valence-electron chi connectivity index (χ3n) is 2.38. The van der Waals surface area contributed by atoms with Crippen molar-refractivity contribution in [1.29, 1.82) is 0 Å². The second-order valence-corrected chi connectivity index (χ2v) is 5.15. The van der Waals surface area contributed by atoms with Crippen molar-refractivity contribution in [3.05, 3.63) is 57.2 Å². The summed E-state index contributed by atoms with van der Waals surface area (Å²) in [4.78, 5) is 14.3. The Morgan fingerprint density at radius 1 is 1.37 bits per heavy atom. The SMILES string of the molecule is Nc1ccc(SCc2ccc([N+](=O)[O-])cc2Cl)nc1. The molecule has 0 bridgehead atoms. The van der Waals surface area contributed by atoms with Crippen molar-refractivity contribution >= 4 is 34.7 Å². The van der Waals surface area contributed by atoms with Crippen molar-refractivity contribution in [2.75, 3.05) is 5.73 Å². The summed E-state index contributed by atoms with van der Waals surface area (Å²) >= 11 is 7.50. The standard InChI is InChI=1S/C12H10ClN3O2S/c13-11-5-10(16(17)18)3-1-8(11)7-19-12-4-2-9(14)6-15-12/h1-6H,7,14H2. The van der Waals surface area contributed by atoms with E-state index in [1.807, 2.05) is 6.07 Å². The number of pyridine rings is 1. The summed E-state index contributed by atoms with van der Waals surface area (Å²) in [7, 11) is 0. The first-order chi connectivity index (χ1) is 9.06. The number of nitrogens with two attached hydrogens (primary N) is 1. The van der Waals surface area contributed by atoms with E-state index in [-0.39, 0.29) is 5.69 Å². The van der Waals surface area contributed by atoms with Crippen LogP contribution in [-0.2, 0) is 5.75 Å². The molecule has 0 unspecified atom stereocenters. The fourth-order valence-electron chi connectivity index (χ4n) is 1.40. The third kappa shape index (κ3) is 3.59. The average Bonchev–Trinajstić information content (AvgIpc) is 2.39. The quantitative estimate of drug-likeness (QED) is 0.530. The molecule has 0 fully saturated rings. The van der Waals surface area contributed by atoms with Crippen molar-refractivity contribution in [3.8, 4) is 0 Å². The molecule has 2 N–H and O–H groups in total. The molecule has 2 aromatic rings. The lowest BCUT2D eigenvalue weighted by molar-refractivity contribution is -0.384. The topological polar surface area (TPSA) is 82.0 Å². The molecule has 0 atom stereocenters. The molecule has 98 valence electrons. The Bertz CT molecular complexity index is 604. The summed E-state index contributed by atoms with van der Waals surface area (Å²) in [5.74, 6) is 0.591. The summed E-state index contributed by atoms with van der Waals surface area (Å²) in [6.07, 6.45) is 1.58. The molecule has 1 aromatic carbocycles. The largest absolute Gasteiger partial charge is 0.397 e. The van der Waals surface area contributed by atoms with Gasteiger partial charge in [0, 0.05) is 17.9 Å². The Hall–Kier alpha value is -1.79. The van der Waals surface area contributed by atoms with E-state index in [0.29, 0.717) is 16.5 Å². The highest BCUT2D eigenvalue weighted by Gasteiger charge is 2.09. The molecular weight excluding hydrogens is 286 g/mol. The first-order valence-electron chi connectivity index (χ1n) is 5.33. The molecule has 2 rings (SSSR count). The highest BCUT2D eigenvalue weighted by molar-refractivity contribution is 7.98. The minimum Gasteiger partial charge on any atom is -0.397 e. The van der Waals surface area contributed by atoms with Gasteiger partial charge in [-0.1, -0.05) is 11.6 Å². The van der Waals surface area contributed by atoms with E-state index in [4.69, 9.17) is 17.3 Å². The van der Waals surface area contributed by atoms with Crippen LogP contribution >= 0.6 is 23.4 Å². The molecule has 0 saturated carbocycles. The number of benzene rings is 1. The normalized spacial score (nSPS) is 10.4. The van der Waals surface area contributed by atoms with E-state index >= 15 is 0 Å². The van der Waals surface area contributed by atoms with E-state index in [1.165, 1.54) is 23.9 Å². The maximum atomic E-state index is 10.6. The van der Waals surface area contributed by atoms with Crippen LogP contribution < -0.4 is 5.73 Å². The van der Waals surface area contributed by atoms with E-state index < -0.39 is 4.92 Å². The molecule has 1 heterocycles. The number of aromatic nitrogens is 1. The third-order valence-corrected chi connectivity index (χ3v) is 3.73. The minimum atomic E-state index is -0.468. The van der Waals surface area contributed by atoms with E-state index in [2.05, 4.69) is 4.98 Å². The van der Waals surface area contributed by atoms with Gasteiger partial charge in [-0.05, 0) is 23.8 Å². The van der Waals surface area contributed by atoms with Gasteiger partial charge in [0.2, 0.25) is 0 Å². The van der Waals surface area contributed by atoms with Crippen molar-refractivity contribution in [3.63, 3.8) is 0 Å². The fourth-order valence-corrected chi connectivity index (χ4v) is 2.56. The molecule has 0 radical (unpaired) electrons. The highest BCUT2D eigenvalue weighted by atomic mass is 35.5. The molecule has 1 aromatic heterocycles. The molecule has 0 saturated heterocycles. The van der Waals surface area contributed by atoms with Crippen LogP contribution in [-0.4, -0.2) is 9.91 Å². The summed E-state index contributed by atoms with van der Waals surface area (Å²) in [6.45, 7) is 0. The summed E-state index contributed by atoms with van der Waals surface area (Å²) < 4.78 is 0. The number of nitro benzene ring substituents is 1. The van der Waals surface area contributed by atoms with Crippen molar-refractivity contribution < 1.29 is 4.92 Å². The predicted octanol–water partition coefficient (Wildman–Crippen LogP) is 3.52. The van der Waals surface area contributed by atoms with Crippen molar-refractivity contribution in [1.82, 2.24) is 4.98 Å². The number of nitrogen functional groups attached to an aromatic ring is 1. The van der Waals surface area contributed by atoms with Gasteiger partial charge in [-0.2, -0.15) is 0 Å². The number of hydrogen-bond acceptors (Lipinski definition) is 5. The molecule has 19 heavy (non-hydrogen) atoms. The average molecular weight is 296 g/mol. The van der Waals surface area contributed by atoms with Gasteiger partial charge in [0.15, 0.2) is 0 Å². The van der Waals surface area contributed by atoms with Gasteiger partial charge >= 0.3 is 0 Å². The number of non-ortho nitro benzene ring substituents is 1. The lowest BCUT2D eigenvalue weighted by Crippen LogP contribution is -1.91. The zero-order valence-electron chi connectivity index (χ0n) is 9.75. The fraction of sp³-hybridized carbons (Fsp3) is 0.0833. The lowest BCUT2D eigenvalue weighted by atomic mass is 10.2. The molecule has 0 aliphatic rings. The maximum Gasteiger partial charge on any atom is 0.270 e. The van der Waals surface area contributed by atoms with Gasteiger partial charge < -0.3 is 5.73 Å². The van der Waals surface area contributed by atoms with E-state index in [9.17, 15) is 10.1 Å². The number of rotatable bonds is 4. The zero-order chi connectivity index (χ0) is 13.8. The lowest BCUT2D eigenvalue weighted by Gasteiger charge is -2.04. The first kappa shape index (κ1) is 13.6. The number of thioether (sulfide) groups is 1. The van der Waals surface area contributed by atoms with Crippen LogP contribution in [0.1, 0.15) is 5.56 Å². The van der Waals surface area contributed by atoms with Gasteiger partial charge in [0.25, 0.3) is 5.69 Å². The number of anilines is 1. The van der Waals surface area contributed by atoms with Gasteiger partial charge in [0.1, 0.15) is 0 Å². The smallest absolute Gasteiger partial charge is 0.270 e. The van der Waals surface area contributed by atoms with Crippen LogP contribution in [0.4, 0.5) is 11.4 Å². The van der Waals surface area contributed by atoms with Crippen molar-refractivity contribution in [2.24, 2.45) is 0 Å². The maximum absolute atomic E-state index is 10.6. The van der Waals surface area contributed by atoms with Crippen LogP contribution in [0.15, 0.2) is 41.6 Å². The van der Waals surface area contributed by atoms with Crippen LogP contribution in [0.5, 0.6) is 0 Å². The second kappa shape index (κ2) is 5.90. The van der Waals surface area contributed by atoms with Gasteiger partial charge in [-0.25, -0.2) is 4.98 Å². The first-order valence-corrected chi connectivity index (χ1v) is 6.70. The van der Waals surface area contributed by atoms with Gasteiger partial charge in [0.05, 0.1) is 26.9 Å². The Morgan fingerprint density at radius 2 is 2.16 bits per heavy atom. The Morgan fingerprint density at radius 3 is 2.74 bits per heavy atom. The molecule has 0 aliphatic carbocycles. The number of hydrogen-bond donors (Lipinski definition) is 1. The van der Waals surface area contributed by atoms with Crippen LogP contribution in [0.2, 0.25) is 5.02 Å². The van der Waals surface area contributed by atoms with E-state index in [0.717, 1.165) is 10.6 Å². The Labute approximate surface area is 118 Å². The summed E-state index contributed by atoms with van der Waals surface area (Å²) in [5.41, 5.74) is 6.98.